The molecule has 0 aromatic heterocycles. The largest absolute Gasteiger partial charge is 0.696 e. The van der Waals surface area contributed by atoms with Gasteiger partial charge in [-0.2, -0.15) is 0 Å². The van der Waals surface area contributed by atoms with Crippen LogP contribution in [0.15, 0.2) is 0 Å². The molecule has 0 amide bonds. The summed E-state index contributed by atoms with van der Waals surface area (Å²) in [6.07, 6.45) is 5.23. The minimum Gasteiger partial charge on any atom is -0.696 e. The van der Waals surface area contributed by atoms with E-state index in [1.54, 1.807) is 0 Å². The maximum Gasteiger partial charge on any atom is 0.183 e. The fourth-order valence-corrected chi connectivity index (χ4v) is 2.30. The van der Waals surface area contributed by atoms with E-state index < -0.39 is 0 Å². The Kier molecular flexibility index (Phi) is 9.60. The lowest BCUT2D eigenvalue weighted by Gasteiger charge is -2.33. The van der Waals surface area contributed by atoms with Crippen molar-refractivity contribution < 1.29 is 9.22 Å². The Hall–Kier alpha value is -0.370. The number of likely N-dealkylation sites (tertiary alicyclic amines) is 1. The quantitative estimate of drug-likeness (QED) is 0.311. The Bertz CT molecular complexity index is 198. The Morgan fingerprint density at radius 2 is 1.81 bits per heavy atom. The molecule has 0 atom stereocenters. The first-order valence-electron chi connectivity index (χ1n) is 6.18. The normalized spacial score (nSPS) is 17.3. The summed E-state index contributed by atoms with van der Waals surface area (Å²) < 4.78 is 6.93. The highest BCUT2D eigenvalue weighted by atomic mass is 32.1. The van der Waals surface area contributed by atoms with Crippen LogP contribution in [0.25, 0.3) is 0 Å². The van der Waals surface area contributed by atoms with E-state index in [9.17, 15) is 0 Å². The van der Waals surface area contributed by atoms with Gasteiger partial charge in [0.1, 0.15) is 0 Å². The highest BCUT2D eigenvalue weighted by Crippen LogP contribution is 2.19. The van der Waals surface area contributed by atoms with Gasteiger partial charge < -0.3 is 21.8 Å². The van der Waals surface area contributed by atoms with Crippen LogP contribution in [0.5, 0.6) is 0 Å². The van der Waals surface area contributed by atoms with Crippen molar-refractivity contribution in [1.82, 2.24) is 0 Å². The highest BCUT2D eigenvalue weighted by molar-refractivity contribution is 7.64. The first-order valence-corrected chi connectivity index (χ1v) is 6.59. The van der Waals surface area contributed by atoms with Gasteiger partial charge in [0.05, 0.1) is 26.2 Å². The fourth-order valence-electron chi connectivity index (χ4n) is 2.30. The van der Waals surface area contributed by atoms with E-state index in [0.717, 1.165) is 19.8 Å². The van der Waals surface area contributed by atoms with Crippen LogP contribution in [0.2, 0.25) is 0 Å². The van der Waals surface area contributed by atoms with E-state index in [2.05, 4.69) is 26.5 Å². The molecule has 0 bridgehead atoms. The van der Waals surface area contributed by atoms with Crippen LogP contribution < -0.4 is 0 Å². The van der Waals surface area contributed by atoms with E-state index in [4.69, 9.17) is 10.00 Å². The zero-order valence-corrected chi connectivity index (χ0v) is 11.4. The van der Waals surface area contributed by atoms with Crippen molar-refractivity contribution >= 4 is 12.6 Å². The van der Waals surface area contributed by atoms with E-state index in [0.29, 0.717) is 0 Å². The van der Waals surface area contributed by atoms with Gasteiger partial charge in [0.2, 0.25) is 0 Å². The molecule has 0 radical (unpaired) electrons. The van der Waals surface area contributed by atoms with Gasteiger partial charge in [-0.05, 0) is 12.8 Å². The maximum absolute atomic E-state index is 7.13. The van der Waals surface area contributed by atoms with Gasteiger partial charge in [-0.1, -0.05) is 19.2 Å². The van der Waals surface area contributed by atoms with Crippen molar-refractivity contribution in [2.24, 2.45) is 0 Å². The average molecular weight is 244 g/mol. The lowest BCUT2D eigenvalue weighted by molar-refractivity contribution is -0.935. The summed E-state index contributed by atoms with van der Waals surface area (Å²) in [5.74, 6) is 0. The molecule has 3 nitrogen and oxygen atoms in total. The third kappa shape index (κ3) is 6.26. The Morgan fingerprint density at radius 1 is 1.25 bits per heavy atom. The zero-order chi connectivity index (χ0) is 12.3. The number of quaternary nitrogens is 1. The van der Waals surface area contributed by atoms with Crippen LogP contribution in [0.4, 0.5) is 0 Å². The Morgan fingerprint density at radius 3 is 2.25 bits per heavy atom. The number of hydrogen-bond donors (Lipinski definition) is 0. The second-order valence-electron chi connectivity index (χ2n) is 4.35. The second kappa shape index (κ2) is 9.83. The van der Waals surface area contributed by atoms with Gasteiger partial charge in [0.25, 0.3) is 0 Å². The minimum absolute atomic E-state index is 0.934. The average Bonchev–Trinajstić information content (AvgIpc) is 2.69. The molecule has 4 heteroatoms. The summed E-state index contributed by atoms with van der Waals surface area (Å²) in [4.78, 5) is 0. The van der Waals surface area contributed by atoms with Gasteiger partial charge in [0, 0.05) is 12.8 Å². The van der Waals surface area contributed by atoms with E-state index >= 15 is 0 Å². The molecular formula is C12H24N2OS. The molecule has 1 aliphatic rings. The van der Waals surface area contributed by atoms with Crippen LogP contribution in [-0.2, 0) is 17.4 Å². The summed E-state index contributed by atoms with van der Waals surface area (Å²) in [6.45, 7) is 10.3. The number of nitrogens with zero attached hydrogens (tertiary/aromatic N) is 2. The molecule has 0 aliphatic carbocycles. The third-order valence-corrected chi connectivity index (χ3v) is 2.93. The predicted octanol–water partition coefficient (Wildman–Crippen LogP) is 2.41. The number of nitriles is 1. The van der Waals surface area contributed by atoms with Gasteiger partial charge in [-0.15, -0.1) is 0 Å². The van der Waals surface area contributed by atoms with Crippen LogP contribution in [0, 0.1) is 10.7 Å². The molecule has 0 aromatic carbocycles. The molecule has 0 spiro atoms. The summed E-state index contributed by atoms with van der Waals surface area (Å²) in [7, 11) is 0. The predicted molar refractivity (Wildman–Crippen MR) is 68.5 cm³/mol. The molecule has 1 heterocycles. The lowest BCUT2D eigenvalue weighted by atomic mass is 10.4. The standard InChI is InChI=1S/C11H24NO.CHNS/c1-3-7-12(8-5-6-9-12)11-13-10-4-2;2-1-3/h3-11H2,1-2H3;3H/q+1;/p-1. The van der Waals surface area contributed by atoms with Crippen LogP contribution in [-0.4, -0.2) is 37.5 Å². The molecule has 0 unspecified atom stereocenters. The summed E-state index contributed by atoms with van der Waals surface area (Å²) in [5.41, 5.74) is 0. The summed E-state index contributed by atoms with van der Waals surface area (Å²) in [6, 6.07) is 0. The highest BCUT2D eigenvalue weighted by Gasteiger charge is 2.30. The molecule has 0 saturated carbocycles. The van der Waals surface area contributed by atoms with Crippen LogP contribution >= 0.6 is 0 Å². The van der Waals surface area contributed by atoms with Crippen LogP contribution in [0.3, 0.4) is 0 Å². The Labute approximate surface area is 105 Å². The molecule has 1 fully saturated rings. The molecule has 1 aliphatic heterocycles. The molecule has 0 aromatic rings. The topological polar surface area (TPSA) is 33.0 Å². The third-order valence-electron chi connectivity index (χ3n) is 2.93. The van der Waals surface area contributed by atoms with Crippen molar-refractivity contribution in [2.45, 2.75) is 39.5 Å². The summed E-state index contributed by atoms with van der Waals surface area (Å²) in [5, 5.41) is 8.47. The molecule has 16 heavy (non-hydrogen) atoms. The van der Waals surface area contributed by atoms with Gasteiger partial charge in [-0.25, -0.2) is 5.26 Å². The first kappa shape index (κ1) is 15.6. The number of ether oxygens (including phenoxy) is 1. The van der Waals surface area contributed by atoms with Crippen LogP contribution in [0.1, 0.15) is 39.5 Å². The van der Waals surface area contributed by atoms with Crippen molar-refractivity contribution in [2.75, 3.05) is 33.0 Å². The number of hydrogen-bond acceptors (Lipinski definition) is 3. The molecular weight excluding hydrogens is 220 g/mol. The lowest BCUT2D eigenvalue weighted by Crippen LogP contribution is -2.47. The maximum atomic E-state index is 7.13. The minimum atomic E-state index is 0.934. The van der Waals surface area contributed by atoms with E-state index in [1.807, 2.05) is 0 Å². The fraction of sp³-hybridized carbons (Fsp3) is 0.917. The van der Waals surface area contributed by atoms with E-state index in [-0.39, 0.29) is 0 Å². The first-order chi connectivity index (χ1) is 7.74. The molecule has 0 N–H and O–H groups in total. The second-order valence-corrected chi connectivity index (χ2v) is 4.53. The zero-order valence-electron chi connectivity index (χ0n) is 10.6. The van der Waals surface area contributed by atoms with Crippen molar-refractivity contribution in [1.29, 1.82) is 5.26 Å². The molecule has 1 saturated heterocycles. The number of thiocyanates is 1. The van der Waals surface area contributed by atoms with E-state index in [1.165, 1.54) is 48.8 Å². The molecule has 1 rings (SSSR count). The SMILES string of the molecule is CCCOC[N+]1(CCC)CCCC1.N#C[S-]. The van der Waals surface area contributed by atoms with Gasteiger partial charge >= 0.3 is 0 Å². The van der Waals surface area contributed by atoms with Crippen molar-refractivity contribution in [3.8, 4) is 5.40 Å². The smallest absolute Gasteiger partial charge is 0.183 e. The Balaban J connectivity index is 0.000000673. The van der Waals surface area contributed by atoms with Gasteiger partial charge in [-0.3, -0.25) is 0 Å². The monoisotopic (exact) mass is 244 g/mol. The summed E-state index contributed by atoms with van der Waals surface area (Å²) >= 11 is 3.70. The van der Waals surface area contributed by atoms with Crippen molar-refractivity contribution in [3.05, 3.63) is 0 Å². The van der Waals surface area contributed by atoms with Crippen molar-refractivity contribution in [3.63, 3.8) is 0 Å². The van der Waals surface area contributed by atoms with Gasteiger partial charge in [0.15, 0.2) is 6.73 Å². The molecule has 94 valence electrons. The number of rotatable bonds is 6.